The lowest BCUT2D eigenvalue weighted by molar-refractivity contribution is -0.138. The van der Waals surface area contributed by atoms with Crippen LogP contribution in [0.5, 0.6) is 0 Å². The van der Waals surface area contributed by atoms with Crippen LogP contribution in [0.4, 0.5) is 0 Å². The third kappa shape index (κ3) is 3.83. The van der Waals surface area contributed by atoms with Crippen LogP contribution in [-0.2, 0) is 23.7 Å². The van der Waals surface area contributed by atoms with Crippen LogP contribution in [0.1, 0.15) is 30.7 Å². The van der Waals surface area contributed by atoms with Crippen molar-refractivity contribution in [1.29, 1.82) is 0 Å². The number of carbonyl (C=O) groups is 1. The van der Waals surface area contributed by atoms with E-state index in [2.05, 4.69) is 29.1 Å². The van der Waals surface area contributed by atoms with Gasteiger partial charge in [-0.3, -0.25) is 4.79 Å². The third-order valence-electron chi connectivity index (χ3n) is 5.74. The summed E-state index contributed by atoms with van der Waals surface area (Å²) in [5.74, 6) is 1.33. The molecule has 2 heterocycles. The number of likely N-dealkylation sites (tertiary alicyclic amines) is 1. The number of aryl methyl sites for hydroxylation is 2. The van der Waals surface area contributed by atoms with Crippen LogP contribution in [0, 0.1) is 0 Å². The summed E-state index contributed by atoms with van der Waals surface area (Å²) in [7, 11) is 6.10. The lowest BCUT2D eigenvalue weighted by atomic mass is 9.71. The van der Waals surface area contributed by atoms with Crippen molar-refractivity contribution in [3.8, 4) is 0 Å². The summed E-state index contributed by atoms with van der Waals surface area (Å²) in [6.45, 7) is 2.68. The van der Waals surface area contributed by atoms with Gasteiger partial charge in [0.25, 0.3) is 0 Å². The van der Waals surface area contributed by atoms with E-state index >= 15 is 0 Å². The fourth-order valence-corrected chi connectivity index (χ4v) is 3.96. The van der Waals surface area contributed by atoms with E-state index in [0.29, 0.717) is 0 Å². The summed E-state index contributed by atoms with van der Waals surface area (Å²) in [5.41, 5.74) is 0.778. The molecule has 1 aromatic heterocycles. The molecule has 1 aliphatic rings. The van der Waals surface area contributed by atoms with Gasteiger partial charge in [-0.15, -0.1) is 0 Å². The van der Waals surface area contributed by atoms with E-state index in [0.717, 1.165) is 56.7 Å². The second-order valence-corrected chi connectivity index (χ2v) is 7.54. The molecule has 5 heteroatoms. The molecule has 2 aromatic rings. The van der Waals surface area contributed by atoms with E-state index in [9.17, 15) is 4.79 Å². The Morgan fingerprint density at radius 3 is 2.50 bits per heavy atom. The van der Waals surface area contributed by atoms with Crippen molar-refractivity contribution in [3.63, 3.8) is 0 Å². The van der Waals surface area contributed by atoms with Gasteiger partial charge in [0.1, 0.15) is 5.82 Å². The quantitative estimate of drug-likeness (QED) is 0.800. The lowest BCUT2D eigenvalue weighted by Crippen LogP contribution is -2.51. The van der Waals surface area contributed by atoms with Gasteiger partial charge in [-0.2, -0.15) is 0 Å². The van der Waals surface area contributed by atoms with E-state index in [1.165, 1.54) is 0 Å². The van der Waals surface area contributed by atoms with Gasteiger partial charge in [-0.05, 0) is 45.0 Å². The first-order valence-corrected chi connectivity index (χ1v) is 9.49. The maximum Gasteiger partial charge on any atom is 0.233 e. The summed E-state index contributed by atoms with van der Waals surface area (Å²) in [4.78, 5) is 22.1. The summed E-state index contributed by atoms with van der Waals surface area (Å²) in [6, 6.07) is 10.3. The fourth-order valence-electron chi connectivity index (χ4n) is 3.96. The van der Waals surface area contributed by atoms with Crippen molar-refractivity contribution in [1.82, 2.24) is 19.4 Å². The van der Waals surface area contributed by atoms with Gasteiger partial charge in [-0.25, -0.2) is 4.98 Å². The predicted octanol–water partition coefficient (Wildman–Crippen LogP) is 2.47. The van der Waals surface area contributed by atoms with Crippen molar-refractivity contribution in [2.24, 2.45) is 7.05 Å². The Kier molecular flexibility index (Phi) is 5.77. The molecule has 0 saturated carbocycles. The zero-order chi connectivity index (χ0) is 18.6. The van der Waals surface area contributed by atoms with Gasteiger partial charge in [0.05, 0.1) is 5.41 Å². The zero-order valence-electron chi connectivity index (χ0n) is 16.2. The number of nitrogens with zero attached hydrogens (tertiary/aromatic N) is 4. The number of hydrogen-bond acceptors (Lipinski definition) is 3. The van der Waals surface area contributed by atoms with Gasteiger partial charge in [0.15, 0.2) is 0 Å². The summed E-state index contributed by atoms with van der Waals surface area (Å²) in [5, 5.41) is 0. The average Bonchev–Trinajstić information content (AvgIpc) is 3.07. The van der Waals surface area contributed by atoms with Crippen molar-refractivity contribution in [2.45, 2.75) is 31.1 Å². The molecule has 1 fully saturated rings. The Morgan fingerprint density at radius 2 is 1.88 bits per heavy atom. The predicted molar refractivity (Wildman–Crippen MR) is 104 cm³/mol. The highest BCUT2D eigenvalue weighted by atomic mass is 16.2. The highest BCUT2D eigenvalue weighted by Crippen LogP contribution is 2.37. The van der Waals surface area contributed by atoms with Gasteiger partial charge < -0.3 is 14.4 Å². The number of rotatable bonds is 6. The van der Waals surface area contributed by atoms with Crippen LogP contribution in [0.15, 0.2) is 42.7 Å². The van der Waals surface area contributed by atoms with E-state index < -0.39 is 0 Å². The Hall–Kier alpha value is -2.14. The molecule has 0 radical (unpaired) electrons. The van der Waals surface area contributed by atoms with Crippen LogP contribution in [0.2, 0.25) is 0 Å². The monoisotopic (exact) mass is 354 g/mol. The van der Waals surface area contributed by atoms with E-state index in [1.54, 1.807) is 0 Å². The Morgan fingerprint density at radius 1 is 1.19 bits per heavy atom. The molecule has 1 saturated heterocycles. The second kappa shape index (κ2) is 8.04. The molecule has 1 amide bonds. The van der Waals surface area contributed by atoms with Crippen LogP contribution >= 0.6 is 0 Å². The first kappa shape index (κ1) is 18.6. The van der Waals surface area contributed by atoms with Crippen LogP contribution in [0.3, 0.4) is 0 Å². The highest BCUT2D eigenvalue weighted by Gasteiger charge is 2.43. The van der Waals surface area contributed by atoms with E-state index in [1.807, 2.05) is 54.2 Å². The van der Waals surface area contributed by atoms with E-state index in [-0.39, 0.29) is 11.3 Å². The van der Waals surface area contributed by atoms with Crippen molar-refractivity contribution < 1.29 is 4.79 Å². The van der Waals surface area contributed by atoms with Gasteiger partial charge in [0.2, 0.25) is 5.91 Å². The van der Waals surface area contributed by atoms with Crippen molar-refractivity contribution in [2.75, 3.05) is 33.7 Å². The molecule has 1 aliphatic heterocycles. The lowest BCUT2D eigenvalue weighted by Gasteiger charge is -2.42. The van der Waals surface area contributed by atoms with Crippen LogP contribution in [0.25, 0.3) is 0 Å². The Labute approximate surface area is 156 Å². The number of likely N-dealkylation sites (N-methyl/N-ethyl adjacent to an activating group) is 1. The minimum atomic E-state index is -0.383. The standard InChI is InChI=1S/C21H30N4O/c1-23-15-11-21(12-16-23,18-8-5-4-6-9-18)20(26)25(3)14-7-10-19-22-13-17-24(19)2/h4-6,8-9,13,17H,7,10-12,14-16H2,1-3H3. The SMILES string of the molecule is CN1CCC(C(=O)N(C)CCCc2nccn2C)(c2ccccc2)CC1. The summed E-state index contributed by atoms with van der Waals surface area (Å²) >= 11 is 0. The molecule has 140 valence electrons. The molecule has 5 nitrogen and oxygen atoms in total. The smallest absolute Gasteiger partial charge is 0.233 e. The van der Waals surface area contributed by atoms with Crippen molar-refractivity contribution in [3.05, 3.63) is 54.1 Å². The Bertz CT molecular complexity index is 717. The number of piperidine rings is 1. The minimum absolute atomic E-state index is 0.261. The van der Waals surface area contributed by atoms with E-state index in [4.69, 9.17) is 0 Å². The fraction of sp³-hybridized carbons (Fsp3) is 0.524. The number of imidazole rings is 1. The normalized spacial score (nSPS) is 17.2. The number of hydrogen-bond donors (Lipinski definition) is 0. The molecular weight excluding hydrogens is 324 g/mol. The highest BCUT2D eigenvalue weighted by molar-refractivity contribution is 5.88. The molecular formula is C21H30N4O. The molecule has 1 aromatic carbocycles. The molecule has 26 heavy (non-hydrogen) atoms. The van der Waals surface area contributed by atoms with Gasteiger partial charge in [-0.1, -0.05) is 30.3 Å². The molecule has 3 rings (SSSR count). The maximum absolute atomic E-state index is 13.5. The maximum atomic E-state index is 13.5. The number of carbonyl (C=O) groups excluding carboxylic acids is 1. The largest absolute Gasteiger partial charge is 0.345 e. The molecule has 0 aliphatic carbocycles. The summed E-state index contributed by atoms with van der Waals surface area (Å²) in [6.07, 6.45) is 7.38. The number of aromatic nitrogens is 2. The summed E-state index contributed by atoms with van der Waals surface area (Å²) < 4.78 is 2.05. The van der Waals surface area contributed by atoms with Crippen molar-refractivity contribution >= 4 is 5.91 Å². The van der Waals surface area contributed by atoms with Gasteiger partial charge >= 0.3 is 0 Å². The van der Waals surface area contributed by atoms with Crippen LogP contribution in [-0.4, -0.2) is 59.0 Å². The third-order valence-corrected chi connectivity index (χ3v) is 5.74. The first-order valence-electron chi connectivity index (χ1n) is 9.49. The zero-order valence-corrected chi connectivity index (χ0v) is 16.2. The number of amides is 1. The van der Waals surface area contributed by atoms with Gasteiger partial charge in [0, 0.05) is 39.5 Å². The topological polar surface area (TPSA) is 41.4 Å². The molecule has 0 bridgehead atoms. The molecule has 0 atom stereocenters. The number of benzene rings is 1. The second-order valence-electron chi connectivity index (χ2n) is 7.54. The molecule has 0 unspecified atom stereocenters. The average molecular weight is 354 g/mol. The molecule has 0 N–H and O–H groups in total. The Balaban J connectivity index is 1.70. The molecule has 0 spiro atoms. The van der Waals surface area contributed by atoms with Crippen LogP contribution < -0.4 is 0 Å². The minimum Gasteiger partial charge on any atom is -0.345 e. The first-order chi connectivity index (χ1) is 12.5.